The average Bonchev–Trinajstić information content (AvgIpc) is 2.56. The Morgan fingerprint density at radius 3 is 2.48 bits per heavy atom. The van der Waals surface area contributed by atoms with Crippen LogP contribution in [0.2, 0.25) is 0 Å². The van der Waals surface area contributed by atoms with E-state index in [4.69, 9.17) is 0 Å². The number of carbonyl (C=O) groups excluding carboxylic acids is 1. The molecule has 0 saturated heterocycles. The smallest absolute Gasteiger partial charge is 0.274 e. The summed E-state index contributed by atoms with van der Waals surface area (Å²) in [6.07, 6.45) is 0.865. The number of nitrogens with zero attached hydrogens (tertiary/aromatic N) is 3. The standard InChI is InChI=1S/C18H24N4O/c1-5-14-10-8-9-11-15(14)20-17(23)16-12-13(4)19-18(21-16)22(6-2)7-3/h8-12H,5-7H2,1-4H3,(H,20,23). The van der Waals surface area contributed by atoms with E-state index in [1.807, 2.05) is 49.9 Å². The van der Waals surface area contributed by atoms with E-state index in [0.717, 1.165) is 36.5 Å². The van der Waals surface area contributed by atoms with Gasteiger partial charge in [-0.25, -0.2) is 9.97 Å². The number of rotatable bonds is 6. The van der Waals surface area contributed by atoms with Crippen LogP contribution in [0.1, 0.15) is 42.5 Å². The van der Waals surface area contributed by atoms with Gasteiger partial charge in [0.1, 0.15) is 5.69 Å². The first-order valence-electron chi connectivity index (χ1n) is 8.08. The Hall–Kier alpha value is -2.43. The van der Waals surface area contributed by atoms with Gasteiger partial charge >= 0.3 is 0 Å². The van der Waals surface area contributed by atoms with Crippen LogP contribution in [0.5, 0.6) is 0 Å². The van der Waals surface area contributed by atoms with Crippen molar-refractivity contribution in [3.63, 3.8) is 0 Å². The third-order valence-corrected chi connectivity index (χ3v) is 3.77. The molecule has 5 nitrogen and oxygen atoms in total. The highest BCUT2D eigenvalue weighted by molar-refractivity contribution is 6.03. The van der Waals surface area contributed by atoms with Gasteiger partial charge < -0.3 is 10.2 Å². The lowest BCUT2D eigenvalue weighted by molar-refractivity contribution is 0.102. The highest BCUT2D eigenvalue weighted by Gasteiger charge is 2.14. The van der Waals surface area contributed by atoms with Crippen molar-refractivity contribution in [2.24, 2.45) is 0 Å². The first-order chi connectivity index (χ1) is 11.1. The average molecular weight is 312 g/mol. The molecule has 0 aliphatic heterocycles. The molecule has 0 aliphatic rings. The number of para-hydroxylation sites is 1. The summed E-state index contributed by atoms with van der Waals surface area (Å²) in [6, 6.07) is 9.54. The summed E-state index contributed by atoms with van der Waals surface area (Å²) >= 11 is 0. The monoisotopic (exact) mass is 312 g/mol. The second kappa shape index (κ2) is 7.72. The number of amides is 1. The molecule has 122 valence electrons. The molecule has 1 heterocycles. The van der Waals surface area contributed by atoms with Gasteiger partial charge in [-0.15, -0.1) is 0 Å². The fraction of sp³-hybridized carbons (Fsp3) is 0.389. The molecule has 2 aromatic rings. The van der Waals surface area contributed by atoms with E-state index in [-0.39, 0.29) is 5.91 Å². The summed E-state index contributed by atoms with van der Waals surface area (Å²) in [5.41, 5.74) is 3.12. The third-order valence-electron chi connectivity index (χ3n) is 3.77. The van der Waals surface area contributed by atoms with E-state index in [0.29, 0.717) is 11.6 Å². The van der Waals surface area contributed by atoms with Crippen LogP contribution >= 0.6 is 0 Å². The van der Waals surface area contributed by atoms with Crippen molar-refractivity contribution in [2.75, 3.05) is 23.3 Å². The molecule has 0 bridgehead atoms. The highest BCUT2D eigenvalue weighted by atomic mass is 16.1. The number of hydrogen-bond acceptors (Lipinski definition) is 4. The van der Waals surface area contributed by atoms with Crippen LogP contribution in [0.25, 0.3) is 0 Å². The number of aryl methyl sites for hydroxylation is 2. The summed E-state index contributed by atoms with van der Waals surface area (Å²) in [7, 11) is 0. The Bertz CT molecular complexity index is 680. The molecular formula is C18H24N4O. The summed E-state index contributed by atoms with van der Waals surface area (Å²) in [5.74, 6) is 0.397. The maximum Gasteiger partial charge on any atom is 0.274 e. The Balaban J connectivity index is 2.29. The number of aromatic nitrogens is 2. The van der Waals surface area contributed by atoms with Crippen LogP contribution in [0.3, 0.4) is 0 Å². The molecule has 1 N–H and O–H groups in total. The normalized spacial score (nSPS) is 10.4. The van der Waals surface area contributed by atoms with Gasteiger partial charge in [0.15, 0.2) is 0 Å². The maximum absolute atomic E-state index is 12.6. The predicted molar refractivity (Wildman–Crippen MR) is 94.1 cm³/mol. The van der Waals surface area contributed by atoms with E-state index in [9.17, 15) is 4.79 Å². The van der Waals surface area contributed by atoms with Crippen LogP contribution in [0.4, 0.5) is 11.6 Å². The van der Waals surface area contributed by atoms with Crippen molar-refractivity contribution in [3.05, 3.63) is 47.3 Å². The first kappa shape index (κ1) is 16.9. The molecule has 0 saturated carbocycles. The molecule has 0 unspecified atom stereocenters. The Morgan fingerprint density at radius 1 is 1.13 bits per heavy atom. The minimum Gasteiger partial charge on any atom is -0.341 e. The van der Waals surface area contributed by atoms with Crippen LogP contribution in [0.15, 0.2) is 30.3 Å². The number of nitrogens with one attached hydrogen (secondary N) is 1. The predicted octanol–water partition coefficient (Wildman–Crippen LogP) is 3.45. The van der Waals surface area contributed by atoms with Crippen molar-refractivity contribution in [1.82, 2.24) is 9.97 Å². The molecule has 0 spiro atoms. The van der Waals surface area contributed by atoms with Gasteiger partial charge in [-0.3, -0.25) is 4.79 Å². The van der Waals surface area contributed by atoms with Gasteiger partial charge in [0.2, 0.25) is 5.95 Å². The SMILES string of the molecule is CCc1ccccc1NC(=O)c1cc(C)nc(N(CC)CC)n1. The zero-order chi connectivity index (χ0) is 16.8. The summed E-state index contributed by atoms with van der Waals surface area (Å²) in [4.78, 5) is 23.5. The molecule has 1 amide bonds. The number of hydrogen-bond donors (Lipinski definition) is 1. The number of carbonyl (C=O) groups is 1. The number of benzene rings is 1. The lowest BCUT2D eigenvalue weighted by atomic mass is 10.1. The fourth-order valence-corrected chi connectivity index (χ4v) is 2.45. The molecule has 5 heteroatoms. The van der Waals surface area contributed by atoms with Crippen molar-refractivity contribution in [2.45, 2.75) is 34.1 Å². The molecule has 0 atom stereocenters. The highest BCUT2D eigenvalue weighted by Crippen LogP contribution is 2.17. The summed E-state index contributed by atoms with van der Waals surface area (Å²) in [6.45, 7) is 9.65. The van der Waals surface area contributed by atoms with Gasteiger partial charge in [0.25, 0.3) is 5.91 Å². The quantitative estimate of drug-likeness (QED) is 0.887. The van der Waals surface area contributed by atoms with Crippen LogP contribution in [-0.2, 0) is 6.42 Å². The Labute approximate surface area is 137 Å². The van der Waals surface area contributed by atoms with Gasteiger partial charge in [0, 0.05) is 24.5 Å². The van der Waals surface area contributed by atoms with Gasteiger partial charge in [0.05, 0.1) is 0 Å². The van der Waals surface area contributed by atoms with E-state index < -0.39 is 0 Å². The maximum atomic E-state index is 12.6. The van der Waals surface area contributed by atoms with Gasteiger partial charge in [-0.1, -0.05) is 25.1 Å². The van der Waals surface area contributed by atoms with Crippen molar-refractivity contribution >= 4 is 17.5 Å². The largest absolute Gasteiger partial charge is 0.341 e. The molecule has 1 aromatic carbocycles. The molecule has 0 fully saturated rings. The molecule has 0 aliphatic carbocycles. The zero-order valence-electron chi connectivity index (χ0n) is 14.3. The topological polar surface area (TPSA) is 58.1 Å². The molecule has 0 radical (unpaired) electrons. The number of anilines is 2. The lowest BCUT2D eigenvalue weighted by Crippen LogP contribution is -2.26. The summed E-state index contributed by atoms with van der Waals surface area (Å²) < 4.78 is 0. The minimum absolute atomic E-state index is 0.204. The van der Waals surface area contributed by atoms with Gasteiger partial charge in [-0.05, 0) is 44.9 Å². The first-order valence-corrected chi connectivity index (χ1v) is 8.08. The van der Waals surface area contributed by atoms with Crippen LogP contribution < -0.4 is 10.2 Å². The molecule has 2 rings (SSSR count). The molecule has 1 aromatic heterocycles. The Kier molecular flexibility index (Phi) is 5.68. The van der Waals surface area contributed by atoms with Crippen LogP contribution in [0, 0.1) is 6.92 Å². The fourth-order valence-electron chi connectivity index (χ4n) is 2.45. The van der Waals surface area contributed by atoms with Gasteiger partial charge in [-0.2, -0.15) is 0 Å². The minimum atomic E-state index is -0.204. The van der Waals surface area contributed by atoms with E-state index in [1.54, 1.807) is 6.07 Å². The van der Waals surface area contributed by atoms with Crippen molar-refractivity contribution < 1.29 is 4.79 Å². The second-order valence-electron chi connectivity index (χ2n) is 5.33. The third kappa shape index (κ3) is 4.06. The lowest BCUT2D eigenvalue weighted by Gasteiger charge is -2.19. The van der Waals surface area contributed by atoms with E-state index >= 15 is 0 Å². The van der Waals surface area contributed by atoms with Crippen LogP contribution in [-0.4, -0.2) is 29.0 Å². The van der Waals surface area contributed by atoms with E-state index in [1.165, 1.54) is 0 Å². The molecule has 23 heavy (non-hydrogen) atoms. The Morgan fingerprint density at radius 2 is 1.83 bits per heavy atom. The zero-order valence-corrected chi connectivity index (χ0v) is 14.3. The molecular weight excluding hydrogens is 288 g/mol. The van der Waals surface area contributed by atoms with Crippen molar-refractivity contribution in [1.29, 1.82) is 0 Å². The second-order valence-corrected chi connectivity index (χ2v) is 5.33. The van der Waals surface area contributed by atoms with E-state index in [2.05, 4.69) is 22.2 Å². The summed E-state index contributed by atoms with van der Waals surface area (Å²) in [5, 5.41) is 2.96. The van der Waals surface area contributed by atoms with Crippen molar-refractivity contribution in [3.8, 4) is 0 Å².